The lowest BCUT2D eigenvalue weighted by molar-refractivity contribution is 0.156. The molecule has 1 heterocycles. The predicted octanol–water partition coefficient (Wildman–Crippen LogP) is 1.89. The van der Waals surface area contributed by atoms with Crippen molar-refractivity contribution >= 4 is 11.3 Å². The van der Waals surface area contributed by atoms with E-state index in [1.54, 1.807) is 11.3 Å². The van der Waals surface area contributed by atoms with Gasteiger partial charge in [-0.3, -0.25) is 0 Å². The molecule has 4 heteroatoms. The van der Waals surface area contributed by atoms with Crippen molar-refractivity contribution in [2.24, 2.45) is 11.7 Å². The molecule has 1 fully saturated rings. The van der Waals surface area contributed by atoms with E-state index in [1.165, 1.54) is 25.7 Å². The van der Waals surface area contributed by atoms with Crippen molar-refractivity contribution < 1.29 is 5.11 Å². The minimum Gasteiger partial charge on any atom is -0.387 e. The Morgan fingerprint density at radius 1 is 1.47 bits per heavy atom. The van der Waals surface area contributed by atoms with Crippen LogP contribution in [-0.4, -0.2) is 24.2 Å². The molecule has 96 valence electrons. The molecule has 3 nitrogen and oxygen atoms in total. The maximum atomic E-state index is 10.0. The second-order valence-electron chi connectivity index (χ2n) is 4.87. The van der Waals surface area contributed by atoms with Crippen LogP contribution >= 0.6 is 11.3 Å². The molecular weight excluding hydrogens is 232 g/mol. The third-order valence-electron chi connectivity index (χ3n) is 3.71. The first-order chi connectivity index (χ1) is 8.31. The lowest BCUT2D eigenvalue weighted by Gasteiger charge is -2.32. The number of aliphatic hydroxyl groups excluding tert-OH is 1. The summed E-state index contributed by atoms with van der Waals surface area (Å²) >= 11 is 1.63. The third kappa shape index (κ3) is 3.52. The summed E-state index contributed by atoms with van der Waals surface area (Å²) in [6.07, 6.45) is 4.61. The number of thiophene rings is 1. The Balaban J connectivity index is 1.80. The molecule has 0 aliphatic heterocycles. The molecule has 1 aromatic heterocycles. The molecule has 4 N–H and O–H groups in total. The molecule has 0 bridgehead atoms. The summed E-state index contributed by atoms with van der Waals surface area (Å²) in [6.45, 7) is 1.39. The molecule has 0 radical (unpaired) electrons. The lowest BCUT2D eigenvalue weighted by atomic mass is 9.84. The highest BCUT2D eigenvalue weighted by atomic mass is 32.1. The van der Waals surface area contributed by atoms with Gasteiger partial charge in [-0.2, -0.15) is 11.3 Å². The summed E-state index contributed by atoms with van der Waals surface area (Å²) in [6, 6.07) is 2.47. The van der Waals surface area contributed by atoms with E-state index in [0.29, 0.717) is 18.5 Å². The van der Waals surface area contributed by atoms with Crippen molar-refractivity contribution in [3.63, 3.8) is 0 Å². The Bertz CT molecular complexity index is 315. The molecule has 1 aliphatic rings. The smallest absolute Gasteiger partial charge is 0.0922 e. The summed E-state index contributed by atoms with van der Waals surface area (Å²) < 4.78 is 0. The van der Waals surface area contributed by atoms with Gasteiger partial charge in [0.05, 0.1) is 6.10 Å². The van der Waals surface area contributed by atoms with E-state index in [9.17, 15) is 5.11 Å². The maximum absolute atomic E-state index is 10.0. The van der Waals surface area contributed by atoms with Crippen LogP contribution < -0.4 is 11.1 Å². The fourth-order valence-corrected chi connectivity index (χ4v) is 3.31. The molecule has 17 heavy (non-hydrogen) atoms. The number of nitrogens with two attached hydrogens (primary N) is 1. The quantitative estimate of drug-likeness (QED) is 0.752. The van der Waals surface area contributed by atoms with Gasteiger partial charge in [0.2, 0.25) is 0 Å². The van der Waals surface area contributed by atoms with Crippen LogP contribution in [0.3, 0.4) is 0 Å². The molecule has 3 atom stereocenters. The first-order valence-electron chi connectivity index (χ1n) is 6.45. The van der Waals surface area contributed by atoms with Crippen LogP contribution in [0.5, 0.6) is 0 Å². The van der Waals surface area contributed by atoms with E-state index in [4.69, 9.17) is 5.73 Å². The molecule has 3 unspecified atom stereocenters. The van der Waals surface area contributed by atoms with Crippen LogP contribution in [0.4, 0.5) is 0 Å². The van der Waals surface area contributed by atoms with Gasteiger partial charge < -0.3 is 16.2 Å². The molecule has 0 amide bonds. The molecule has 0 spiro atoms. The van der Waals surface area contributed by atoms with E-state index in [2.05, 4.69) is 5.32 Å². The summed E-state index contributed by atoms with van der Waals surface area (Å²) in [5, 5.41) is 17.5. The average Bonchev–Trinajstić information content (AvgIpc) is 2.90. The van der Waals surface area contributed by atoms with E-state index < -0.39 is 0 Å². The number of nitrogens with one attached hydrogen (secondary N) is 1. The van der Waals surface area contributed by atoms with Crippen LogP contribution in [0.1, 0.15) is 37.4 Å². The van der Waals surface area contributed by atoms with Gasteiger partial charge in [0, 0.05) is 12.6 Å². The largest absolute Gasteiger partial charge is 0.387 e. The van der Waals surface area contributed by atoms with Crippen molar-refractivity contribution in [2.45, 2.75) is 37.8 Å². The van der Waals surface area contributed by atoms with E-state index >= 15 is 0 Å². The van der Waals surface area contributed by atoms with E-state index in [1.807, 2.05) is 16.8 Å². The zero-order valence-electron chi connectivity index (χ0n) is 10.1. The standard InChI is InChI=1S/C13H22N2OS/c14-7-10-3-1-2-4-12(10)15-8-13(16)11-5-6-17-9-11/h5-6,9-10,12-13,15-16H,1-4,7-8,14H2. The first-order valence-corrected chi connectivity index (χ1v) is 7.39. The zero-order chi connectivity index (χ0) is 12.1. The van der Waals surface area contributed by atoms with Gasteiger partial charge in [-0.1, -0.05) is 12.8 Å². The monoisotopic (exact) mass is 254 g/mol. The molecule has 1 aromatic rings. The predicted molar refractivity (Wildman–Crippen MR) is 72.1 cm³/mol. The average molecular weight is 254 g/mol. The molecular formula is C13H22N2OS. The second kappa shape index (κ2) is 6.50. The lowest BCUT2D eigenvalue weighted by Crippen LogP contribution is -2.43. The highest BCUT2D eigenvalue weighted by Gasteiger charge is 2.24. The second-order valence-corrected chi connectivity index (χ2v) is 5.65. The molecule has 1 aliphatic carbocycles. The van der Waals surface area contributed by atoms with Crippen LogP contribution in [0.15, 0.2) is 16.8 Å². The van der Waals surface area contributed by atoms with Gasteiger partial charge in [-0.05, 0) is 47.7 Å². The minimum atomic E-state index is -0.387. The summed E-state index contributed by atoms with van der Waals surface area (Å²) in [4.78, 5) is 0. The Labute approximate surface area is 107 Å². The van der Waals surface area contributed by atoms with E-state index in [-0.39, 0.29) is 6.10 Å². The molecule has 1 saturated carbocycles. The third-order valence-corrected chi connectivity index (χ3v) is 4.41. The van der Waals surface area contributed by atoms with Crippen LogP contribution in [0.2, 0.25) is 0 Å². The normalized spacial score (nSPS) is 26.9. The van der Waals surface area contributed by atoms with Gasteiger partial charge in [0.25, 0.3) is 0 Å². The summed E-state index contributed by atoms with van der Waals surface area (Å²) in [7, 11) is 0. The number of hydrogen-bond acceptors (Lipinski definition) is 4. The van der Waals surface area contributed by atoms with Crippen LogP contribution in [0, 0.1) is 5.92 Å². The fraction of sp³-hybridized carbons (Fsp3) is 0.692. The highest BCUT2D eigenvalue weighted by Crippen LogP contribution is 2.24. The molecule has 0 saturated heterocycles. The fourth-order valence-electron chi connectivity index (χ4n) is 2.60. The number of rotatable bonds is 5. The molecule has 2 rings (SSSR count). The van der Waals surface area contributed by atoms with Crippen molar-refractivity contribution in [3.05, 3.63) is 22.4 Å². The Kier molecular flexibility index (Phi) is 4.98. The van der Waals surface area contributed by atoms with Gasteiger partial charge >= 0.3 is 0 Å². The van der Waals surface area contributed by atoms with Gasteiger partial charge in [0.15, 0.2) is 0 Å². The van der Waals surface area contributed by atoms with Gasteiger partial charge in [-0.25, -0.2) is 0 Å². The maximum Gasteiger partial charge on any atom is 0.0922 e. The summed E-state index contributed by atoms with van der Waals surface area (Å²) in [5.74, 6) is 0.582. The Hall–Kier alpha value is -0.420. The first kappa shape index (κ1) is 13.0. The summed E-state index contributed by atoms with van der Waals surface area (Å²) in [5.41, 5.74) is 6.81. The van der Waals surface area contributed by atoms with Crippen molar-refractivity contribution in [3.8, 4) is 0 Å². The van der Waals surface area contributed by atoms with Crippen LogP contribution in [0.25, 0.3) is 0 Å². The minimum absolute atomic E-state index is 0.387. The highest BCUT2D eigenvalue weighted by molar-refractivity contribution is 7.07. The molecule has 0 aromatic carbocycles. The topological polar surface area (TPSA) is 58.3 Å². The SMILES string of the molecule is NCC1CCCCC1NCC(O)c1ccsc1. The van der Waals surface area contributed by atoms with Crippen molar-refractivity contribution in [2.75, 3.05) is 13.1 Å². The van der Waals surface area contributed by atoms with Crippen molar-refractivity contribution in [1.82, 2.24) is 5.32 Å². The number of aliphatic hydroxyl groups is 1. The zero-order valence-corrected chi connectivity index (χ0v) is 11.0. The Morgan fingerprint density at radius 2 is 2.29 bits per heavy atom. The van der Waals surface area contributed by atoms with Crippen molar-refractivity contribution in [1.29, 1.82) is 0 Å². The van der Waals surface area contributed by atoms with Gasteiger partial charge in [-0.15, -0.1) is 0 Å². The number of hydrogen-bond donors (Lipinski definition) is 3. The van der Waals surface area contributed by atoms with Crippen LogP contribution in [-0.2, 0) is 0 Å². The van der Waals surface area contributed by atoms with E-state index in [0.717, 1.165) is 12.1 Å². The van der Waals surface area contributed by atoms with Gasteiger partial charge in [0.1, 0.15) is 0 Å². The Morgan fingerprint density at radius 3 is 3.00 bits per heavy atom.